The lowest BCUT2D eigenvalue weighted by molar-refractivity contribution is -0.143. The number of aliphatic hydroxyl groups excluding tert-OH is 1. The zero-order valence-electron chi connectivity index (χ0n) is 30.8. The van der Waals surface area contributed by atoms with Gasteiger partial charge in [0.1, 0.15) is 0 Å². The quantitative estimate of drug-likeness (QED) is 0.171. The molecule has 2 aliphatic carbocycles. The summed E-state index contributed by atoms with van der Waals surface area (Å²) in [5, 5.41) is 14.0. The molecule has 50 heavy (non-hydrogen) atoms. The number of anilines is 1. The summed E-state index contributed by atoms with van der Waals surface area (Å²) in [5.74, 6) is 0.805. The third-order valence-corrected chi connectivity index (χ3v) is 11.4. The van der Waals surface area contributed by atoms with Gasteiger partial charge in [-0.2, -0.15) is 0 Å². The summed E-state index contributed by atoms with van der Waals surface area (Å²) in [6, 6.07) is 5.39. The molecule has 3 N–H and O–H groups in total. The monoisotopic (exact) mass is 710 g/mol. The van der Waals surface area contributed by atoms with Crippen LogP contribution in [0.25, 0.3) is 0 Å². The standard InChI is InChI=1S/C39H62N6O4S/c1-29(2)17-18-35(46)34(24-30-12-6-4-7-13-30)45(26-33-28-50-39(40)42-33)37(48)20-19-36(47)44(25-31-14-8-5-9-15-31)27-38(49)43(3)23-21-32-16-10-11-22-41-32/h10-11,16,22,28-31,34-35,46H,4-9,12-15,17-21,23-27H2,1-3H3,(H2,40,42)/t34-,35-/m0/s1. The topological polar surface area (TPSA) is 133 Å². The lowest BCUT2D eigenvalue weighted by Crippen LogP contribution is -2.48. The number of thiazole rings is 1. The maximum absolute atomic E-state index is 14.3. The van der Waals surface area contributed by atoms with E-state index in [1.54, 1.807) is 27.9 Å². The highest BCUT2D eigenvalue weighted by Crippen LogP contribution is 2.32. The van der Waals surface area contributed by atoms with Crippen molar-refractivity contribution >= 4 is 34.2 Å². The van der Waals surface area contributed by atoms with Crippen LogP contribution in [0.15, 0.2) is 29.8 Å². The Labute approximate surface area is 304 Å². The Balaban J connectivity index is 1.47. The van der Waals surface area contributed by atoms with Crippen LogP contribution in [-0.4, -0.2) is 86.3 Å². The van der Waals surface area contributed by atoms with Crippen molar-refractivity contribution < 1.29 is 19.5 Å². The molecule has 0 spiro atoms. The molecule has 0 radical (unpaired) electrons. The molecule has 278 valence electrons. The maximum Gasteiger partial charge on any atom is 0.241 e. The SMILES string of the molecule is CC(C)CC[C@H](O)[C@H](CC1CCCCC1)N(Cc1csc(N)n1)C(=O)CCC(=O)N(CC(=O)N(C)CCc1ccccn1)CC1CCCCC1. The zero-order valence-corrected chi connectivity index (χ0v) is 31.6. The van der Waals surface area contributed by atoms with Gasteiger partial charge in [-0.15, -0.1) is 11.3 Å². The van der Waals surface area contributed by atoms with E-state index in [1.807, 2.05) is 23.6 Å². The first kappa shape index (κ1) is 39.7. The highest BCUT2D eigenvalue weighted by atomic mass is 32.1. The molecular weight excluding hydrogens is 649 g/mol. The summed E-state index contributed by atoms with van der Waals surface area (Å²) in [4.78, 5) is 55.6. The van der Waals surface area contributed by atoms with Crippen molar-refractivity contribution in [2.45, 2.75) is 135 Å². The summed E-state index contributed by atoms with van der Waals surface area (Å²) in [6.45, 7) is 5.60. The molecule has 0 bridgehead atoms. The van der Waals surface area contributed by atoms with Gasteiger partial charge in [0.25, 0.3) is 0 Å². The molecule has 3 amide bonds. The molecule has 10 nitrogen and oxygen atoms in total. The second-order valence-electron chi connectivity index (χ2n) is 15.2. The third kappa shape index (κ3) is 13.2. The molecule has 2 aromatic heterocycles. The van der Waals surface area contributed by atoms with Crippen LogP contribution in [0.1, 0.15) is 122 Å². The highest BCUT2D eigenvalue weighted by Gasteiger charge is 2.34. The summed E-state index contributed by atoms with van der Waals surface area (Å²) in [6.07, 6.45) is 15.4. The molecule has 0 unspecified atom stereocenters. The first-order valence-electron chi connectivity index (χ1n) is 19.2. The van der Waals surface area contributed by atoms with Crippen LogP contribution >= 0.6 is 11.3 Å². The van der Waals surface area contributed by atoms with Gasteiger partial charge in [-0.25, -0.2) is 4.98 Å². The van der Waals surface area contributed by atoms with Crippen LogP contribution in [-0.2, 0) is 27.3 Å². The summed E-state index contributed by atoms with van der Waals surface area (Å²) in [5.41, 5.74) is 7.61. The summed E-state index contributed by atoms with van der Waals surface area (Å²) in [7, 11) is 1.78. The van der Waals surface area contributed by atoms with E-state index in [9.17, 15) is 19.5 Å². The number of nitrogens with zero attached hydrogens (tertiary/aromatic N) is 5. The summed E-state index contributed by atoms with van der Waals surface area (Å²) >= 11 is 1.34. The predicted octanol–water partition coefficient (Wildman–Crippen LogP) is 6.48. The molecule has 2 aliphatic rings. The molecule has 0 aliphatic heterocycles. The van der Waals surface area contributed by atoms with Crippen LogP contribution in [0, 0.1) is 17.8 Å². The smallest absolute Gasteiger partial charge is 0.241 e. The third-order valence-electron chi connectivity index (χ3n) is 10.7. The number of aliphatic hydroxyl groups is 1. The number of nitrogen functional groups attached to an aromatic ring is 1. The minimum absolute atomic E-state index is 0.00226. The number of hydrogen-bond acceptors (Lipinski definition) is 8. The molecule has 2 heterocycles. The second-order valence-corrected chi connectivity index (χ2v) is 16.1. The summed E-state index contributed by atoms with van der Waals surface area (Å²) < 4.78 is 0. The lowest BCUT2D eigenvalue weighted by atomic mass is 9.82. The normalized spacial score (nSPS) is 17.0. The van der Waals surface area contributed by atoms with Crippen LogP contribution in [0.5, 0.6) is 0 Å². The fourth-order valence-corrected chi connectivity index (χ4v) is 8.16. The van der Waals surface area contributed by atoms with E-state index in [0.717, 1.165) is 57.1 Å². The first-order chi connectivity index (χ1) is 24.1. The van der Waals surface area contributed by atoms with Gasteiger partial charge in [-0.3, -0.25) is 19.4 Å². The Hall–Kier alpha value is -3.05. The number of rotatable bonds is 19. The fourth-order valence-electron chi connectivity index (χ4n) is 7.60. The van der Waals surface area contributed by atoms with Crippen LogP contribution in [0.3, 0.4) is 0 Å². The van der Waals surface area contributed by atoms with E-state index in [4.69, 9.17) is 5.73 Å². The maximum atomic E-state index is 14.3. The van der Waals surface area contributed by atoms with Gasteiger partial charge in [0.05, 0.1) is 30.9 Å². The van der Waals surface area contributed by atoms with E-state index >= 15 is 0 Å². The number of hydrogen-bond donors (Lipinski definition) is 2. The number of pyridine rings is 1. The molecule has 4 rings (SSSR count). The Bertz CT molecular complexity index is 1310. The van der Waals surface area contributed by atoms with Crippen LogP contribution < -0.4 is 5.73 Å². The van der Waals surface area contributed by atoms with E-state index in [-0.39, 0.29) is 49.7 Å². The van der Waals surface area contributed by atoms with Gasteiger partial charge in [0.15, 0.2) is 5.13 Å². The number of carbonyl (C=O) groups excluding carboxylic acids is 3. The molecule has 11 heteroatoms. The van der Waals surface area contributed by atoms with Gasteiger partial charge in [0, 0.05) is 56.7 Å². The average molecular weight is 711 g/mol. The minimum Gasteiger partial charge on any atom is -0.391 e. The molecule has 0 aromatic carbocycles. The molecular formula is C39H62N6O4S. The minimum atomic E-state index is -0.669. The Morgan fingerprint density at radius 2 is 1.60 bits per heavy atom. The Morgan fingerprint density at radius 1 is 0.920 bits per heavy atom. The van der Waals surface area contributed by atoms with Crippen molar-refractivity contribution in [3.63, 3.8) is 0 Å². The van der Waals surface area contributed by atoms with E-state index in [2.05, 4.69) is 23.8 Å². The fraction of sp³-hybridized carbons (Fsp3) is 0.718. The van der Waals surface area contributed by atoms with E-state index in [0.29, 0.717) is 54.5 Å². The van der Waals surface area contributed by atoms with Crippen molar-refractivity contribution in [1.82, 2.24) is 24.7 Å². The second kappa shape index (κ2) is 20.7. The van der Waals surface area contributed by atoms with Crippen LogP contribution in [0.4, 0.5) is 5.13 Å². The lowest BCUT2D eigenvalue weighted by Gasteiger charge is -2.38. The Morgan fingerprint density at radius 3 is 2.22 bits per heavy atom. The largest absolute Gasteiger partial charge is 0.391 e. The predicted molar refractivity (Wildman–Crippen MR) is 200 cm³/mol. The molecule has 0 saturated heterocycles. The van der Waals surface area contributed by atoms with Crippen molar-refractivity contribution in [2.75, 3.05) is 32.4 Å². The van der Waals surface area contributed by atoms with Gasteiger partial charge in [0.2, 0.25) is 17.7 Å². The van der Waals surface area contributed by atoms with E-state index in [1.165, 1.54) is 37.0 Å². The number of amides is 3. The average Bonchev–Trinajstić information content (AvgIpc) is 3.54. The Kier molecular flexibility index (Phi) is 16.5. The van der Waals surface area contributed by atoms with Gasteiger partial charge < -0.3 is 25.5 Å². The molecule has 2 fully saturated rings. The highest BCUT2D eigenvalue weighted by molar-refractivity contribution is 7.13. The van der Waals surface area contributed by atoms with Gasteiger partial charge in [-0.1, -0.05) is 71.3 Å². The van der Waals surface area contributed by atoms with E-state index < -0.39 is 6.10 Å². The van der Waals surface area contributed by atoms with Crippen molar-refractivity contribution in [3.05, 3.63) is 41.2 Å². The van der Waals surface area contributed by atoms with Crippen molar-refractivity contribution in [3.8, 4) is 0 Å². The number of likely N-dealkylation sites (N-methyl/N-ethyl adjacent to an activating group) is 1. The molecule has 2 aromatic rings. The molecule has 2 atom stereocenters. The van der Waals surface area contributed by atoms with Gasteiger partial charge in [-0.05, 0) is 62.0 Å². The van der Waals surface area contributed by atoms with Crippen molar-refractivity contribution in [1.29, 1.82) is 0 Å². The number of nitrogens with two attached hydrogens (primary N) is 1. The zero-order chi connectivity index (χ0) is 35.9. The van der Waals surface area contributed by atoms with Crippen LogP contribution in [0.2, 0.25) is 0 Å². The van der Waals surface area contributed by atoms with Gasteiger partial charge >= 0.3 is 0 Å². The first-order valence-corrected chi connectivity index (χ1v) is 20.1. The number of carbonyl (C=O) groups is 3. The van der Waals surface area contributed by atoms with Crippen molar-refractivity contribution in [2.24, 2.45) is 17.8 Å². The molecule has 2 saturated carbocycles. The number of aromatic nitrogens is 2.